The topological polar surface area (TPSA) is 113 Å². The molecule has 1 aromatic carbocycles. The summed E-state index contributed by atoms with van der Waals surface area (Å²) in [5, 5.41) is 0. The van der Waals surface area contributed by atoms with Gasteiger partial charge in [-0.05, 0) is 115 Å². The van der Waals surface area contributed by atoms with Gasteiger partial charge in [0.1, 0.15) is 22.6 Å². The summed E-state index contributed by atoms with van der Waals surface area (Å²) in [6, 6.07) is 5.54. The quantitative estimate of drug-likeness (QED) is 0.266. The Morgan fingerprint density at radius 2 is 1.44 bits per heavy atom. The minimum Gasteiger partial charge on any atom is -0.443 e. The van der Waals surface area contributed by atoms with Gasteiger partial charge in [-0.1, -0.05) is 13.0 Å². The number of aromatic nitrogens is 3. The number of halogens is 1. The van der Waals surface area contributed by atoms with E-state index in [9.17, 15) is 14.4 Å². The van der Waals surface area contributed by atoms with E-state index in [4.69, 9.17) is 14.2 Å². The molecule has 41 heavy (non-hydrogen) atoms. The fraction of sp³-hybridized carbons (Fsp3) is 0.500. The number of carbonyl (C=O) groups excluding carboxylic acids is 3. The van der Waals surface area contributed by atoms with Gasteiger partial charge in [0.25, 0.3) is 0 Å². The first-order valence-corrected chi connectivity index (χ1v) is 14.2. The van der Waals surface area contributed by atoms with E-state index in [1.54, 1.807) is 54.7 Å². The second-order valence-corrected chi connectivity index (χ2v) is 13.4. The number of hydrogen-bond acceptors (Lipinski definition) is 8. The summed E-state index contributed by atoms with van der Waals surface area (Å²) in [7, 11) is 0. The maximum absolute atomic E-state index is 13.2. The molecule has 0 bridgehead atoms. The average molecular weight is 632 g/mol. The van der Waals surface area contributed by atoms with Gasteiger partial charge in [0.2, 0.25) is 0 Å². The van der Waals surface area contributed by atoms with Gasteiger partial charge in [0.15, 0.2) is 5.82 Å². The number of pyridine rings is 1. The number of ether oxygens (including phenoxy) is 3. The predicted molar refractivity (Wildman–Crippen MR) is 161 cm³/mol. The zero-order valence-corrected chi connectivity index (χ0v) is 27.2. The summed E-state index contributed by atoms with van der Waals surface area (Å²) < 4.78 is 18.5. The number of nitrogens with zero attached hydrogens (tertiary/aromatic N) is 4. The number of anilines is 1. The summed E-state index contributed by atoms with van der Waals surface area (Å²) in [6.45, 7) is 19.4. The number of rotatable bonds is 3. The molecule has 3 rings (SSSR count). The fourth-order valence-corrected chi connectivity index (χ4v) is 4.81. The summed E-state index contributed by atoms with van der Waals surface area (Å²) >= 11 is 3.60. The van der Waals surface area contributed by atoms with E-state index >= 15 is 0 Å². The highest BCUT2D eigenvalue weighted by Crippen LogP contribution is 2.37. The maximum Gasteiger partial charge on any atom is 0.425 e. The lowest BCUT2D eigenvalue weighted by Gasteiger charge is -2.29. The molecule has 0 atom stereocenters. The Balaban J connectivity index is 2.12. The van der Waals surface area contributed by atoms with Gasteiger partial charge in [-0.25, -0.2) is 28.9 Å². The molecule has 3 aromatic rings. The van der Waals surface area contributed by atoms with E-state index in [1.165, 1.54) is 4.57 Å². The number of hydrogen-bond donors (Lipinski definition) is 0. The molecule has 222 valence electrons. The highest BCUT2D eigenvalue weighted by Gasteiger charge is 2.35. The Labute approximate surface area is 249 Å². The zero-order chi connectivity index (χ0) is 31.1. The molecular formula is C30H39BrN4O6. The number of imide groups is 1. The van der Waals surface area contributed by atoms with Crippen molar-refractivity contribution in [3.05, 3.63) is 40.3 Å². The molecule has 0 N–H and O–H groups in total. The Morgan fingerprint density at radius 1 is 0.902 bits per heavy atom. The van der Waals surface area contributed by atoms with Gasteiger partial charge < -0.3 is 14.2 Å². The van der Waals surface area contributed by atoms with Crippen LogP contribution in [-0.2, 0) is 20.6 Å². The van der Waals surface area contributed by atoms with Gasteiger partial charge in [-0.15, -0.1) is 0 Å². The molecular weight excluding hydrogens is 592 g/mol. The molecule has 2 amide bonds. The standard InChI is InChI=1S/C30H39BrN4O6/c1-12-19-20(18-13-14-22-21(15-18)33-17(2)34(22)25(36)39-28(3,4)5)16-32-24(23(19)31)35(26(37)40-29(6,7)8)27(38)41-30(9,10)11/h13-16H,12H2,1-11H3. The van der Waals surface area contributed by atoms with Crippen molar-refractivity contribution in [1.82, 2.24) is 14.5 Å². The second-order valence-electron chi connectivity index (χ2n) is 12.6. The molecule has 0 saturated heterocycles. The van der Waals surface area contributed by atoms with Gasteiger partial charge in [-0.3, -0.25) is 0 Å². The highest BCUT2D eigenvalue weighted by atomic mass is 79.9. The SMILES string of the molecule is CCc1c(-c2ccc3c(c2)nc(C)n3C(=O)OC(C)(C)C)cnc(N(C(=O)OC(C)(C)C)C(=O)OC(C)(C)C)c1Br. The Kier molecular flexibility index (Phi) is 8.93. The zero-order valence-electron chi connectivity index (χ0n) is 25.6. The van der Waals surface area contributed by atoms with Gasteiger partial charge in [-0.2, -0.15) is 4.90 Å². The number of imidazole rings is 1. The molecule has 0 spiro atoms. The molecule has 11 heteroatoms. The average Bonchev–Trinajstić information content (AvgIpc) is 3.11. The van der Waals surface area contributed by atoms with Crippen molar-refractivity contribution in [3.8, 4) is 11.1 Å². The third kappa shape index (κ3) is 7.63. The minimum atomic E-state index is -0.903. The summed E-state index contributed by atoms with van der Waals surface area (Å²) in [4.78, 5) is 49.2. The van der Waals surface area contributed by atoms with Crippen LogP contribution in [0.15, 0.2) is 28.9 Å². The van der Waals surface area contributed by atoms with Crippen LogP contribution in [-0.4, -0.2) is 49.6 Å². The smallest absolute Gasteiger partial charge is 0.425 e. The van der Waals surface area contributed by atoms with Gasteiger partial charge in [0.05, 0.1) is 15.5 Å². The predicted octanol–water partition coefficient (Wildman–Crippen LogP) is 8.19. The Bertz CT molecular complexity index is 1460. The third-order valence-electron chi connectivity index (χ3n) is 5.53. The molecule has 0 fully saturated rings. The van der Waals surface area contributed by atoms with Crippen LogP contribution in [0.2, 0.25) is 0 Å². The van der Waals surface area contributed by atoms with Crippen molar-refractivity contribution in [3.63, 3.8) is 0 Å². The van der Waals surface area contributed by atoms with E-state index < -0.39 is 35.1 Å². The molecule has 0 aliphatic heterocycles. The van der Waals surface area contributed by atoms with E-state index in [1.807, 2.05) is 45.9 Å². The molecule has 0 unspecified atom stereocenters. The largest absolute Gasteiger partial charge is 0.443 e. The van der Waals surface area contributed by atoms with E-state index in [0.717, 1.165) is 21.6 Å². The van der Waals surface area contributed by atoms with E-state index in [-0.39, 0.29) is 5.82 Å². The Hall–Kier alpha value is -3.47. The lowest BCUT2D eigenvalue weighted by molar-refractivity contribution is 0.0426. The number of aryl methyl sites for hydroxylation is 1. The minimum absolute atomic E-state index is 0.0558. The molecule has 10 nitrogen and oxygen atoms in total. The number of carbonyl (C=O) groups is 3. The molecule has 0 aliphatic rings. The van der Waals surface area contributed by atoms with Gasteiger partial charge >= 0.3 is 18.3 Å². The number of amides is 2. The lowest BCUT2D eigenvalue weighted by Crippen LogP contribution is -2.44. The lowest BCUT2D eigenvalue weighted by atomic mass is 9.99. The van der Waals surface area contributed by atoms with Crippen molar-refractivity contribution in [1.29, 1.82) is 0 Å². The van der Waals surface area contributed by atoms with E-state index in [2.05, 4.69) is 25.9 Å². The fourth-order valence-electron chi connectivity index (χ4n) is 4.03. The summed E-state index contributed by atoms with van der Waals surface area (Å²) in [5.74, 6) is 0.558. The van der Waals surface area contributed by atoms with Crippen LogP contribution < -0.4 is 4.90 Å². The summed E-state index contributed by atoms with van der Waals surface area (Å²) in [5.41, 5.74) is 1.23. The van der Waals surface area contributed by atoms with Crippen molar-refractivity contribution >= 4 is 51.1 Å². The molecule has 0 radical (unpaired) electrons. The van der Waals surface area contributed by atoms with Crippen LogP contribution in [0.5, 0.6) is 0 Å². The molecule has 2 heterocycles. The van der Waals surface area contributed by atoms with Crippen LogP contribution in [0.3, 0.4) is 0 Å². The van der Waals surface area contributed by atoms with Crippen molar-refractivity contribution in [2.24, 2.45) is 0 Å². The monoisotopic (exact) mass is 630 g/mol. The summed E-state index contributed by atoms with van der Waals surface area (Å²) in [6.07, 6.45) is -0.165. The first-order valence-electron chi connectivity index (χ1n) is 13.4. The maximum atomic E-state index is 13.2. The number of fused-ring (bicyclic) bond motifs is 1. The first kappa shape index (κ1) is 32.0. The van der Waals surface area contributed by atoms with Crippen LogP contribution in [0.25, 0.3) is 22.2 Å². The first-order chi connectivity index (χ1) is 18.7. The van der Waals surface area contributed by atoms with Gasteiger partial charge in [0, 0.05) is 11.8 Å². The Morgan fingerprint density at radius 3 is 1.93 bits per heavy atom. The molecule has 0 aliphatic carbocycles. The van der Waals surface area contributed by atoms with Crippen LogP contribution >= 0.6 is 15.9 Å². The van der Waals surface area contributed by atoms with Crippen molar-refractivity contribution in [2.45, 2.75) is 99.4 Å². The molecule has 0 saturated carbocycles. The van der Waals surface area contributed by atoms with Crippen LogP contribution in [0, 0.1) is 6.92 Å². The van der Waals surface area contributed by atoms with E-state index in [0.29, 0.717) is 27.8 Å². The number of benzene rings is 1. The normalized spacial score (nSPS) is 12.3. The third-order valence-corrected chi connectivity index (χ3v) is 6.36. The van der Waals surface area contributed by atoms with Crippen molar-refractivity contribution in [2.75, 3.05) is 4.90 Å². The van der Waals surface area contributed by atoms with Crippen LogP contribution in [0.1, 0.15) is 80.6 Å². The van der Waals surface area contributed by atoms with Crippen LogP contribution in [0.4, 0.5) is 20.2 Å². The molecule has 2 aromatic heterocycles. The second kappa shape index (κ2) is 11.4. The van der Waals surface area contributed by atoms with Crippen molar-refractivity contribution < 1.29 is 28.6 Å². The highest BCUT2D eigenvalue weighted by molar-refractivity contribution is 9.10.